The number of hydrogen-bond donors (Lipinski definition) is 1. The lowest BCUT2D eigenvalue weighted by Gasteiger charge is -2.10. The minimum Gasteiger partial charge on any atom is -0.390 e. The molecule has 3 heteroatoms. The first-order valence-corrected chi connectivity index (χ1v) is 5.50. The van der Waals surface area contributed by atoms with E-state index < -0.39 is 0 Å². The molecule has 2 rings (SSSR count). The Morgan fingerprint density at radius 3 is 2.93 bits per heavy atom. The number of aliphatic hydroxyl groups excluding tert-OH is 1. The molecule has 3 nitrogen and oxygen atoms in total. The molecule has 0 saturated heterocycles. The molecule has 0 atom stereocenters. The maximum absolute atomic E-state index is 9.04. The molecule has 1 heterocycles. The predicted molar refractivity (Wildman–Crippen MR) is 54.7 cm³/mol. The van der Waals surface area contributed by atoms with Crippen LogP contribution in [0.1, 0.15) is 37.8 Å². The quantitative estimate of drug-likeness (QED) is 0.795. The third-order valence-electron chi connectivity index (χ3n) is 3.21. The van der Waals surface area contributed by atoms with Crippen molar-refractivity contribution in [1.82, 2.24) is 9.55 Å². The Morgan fingerprint density at radius 2 is 2.21 bits per heavy atom. The highest BCUT2D eigenvalue weighted by molar-refractivity contribution is 4.95. The number of rotatable bonds is 4. The van der Waals surface area contributed by atoms with E-state index in [9.17, 15) is 0 Å². The van der Waals surface area contributed by atoms with Crippen LogP contribution in [0, 0.1) is 5.92 Å². The van der Waals surface area contributed by atoms with Crippen LogP contribution >= 0.6 is 0 Å². The van der Waals surface area contributed by atoms with E-state index in [4.69, 9.17) is 5.11 Å². The average molecular weight is 194 g/mol. The van der Waals surface area contributed by atoms with Crippen molar-refractivity contribution >= 4 is 0 Å². The van der Waals surface area contributed by atoms with Gasteiger partial charge < -0.3 is 9.67 Å². The molecular formula is C11H18N2O. The SMILES string of the molecule is OCc1cncn1CCC1CCCC1. The van der Waals surface area contributed by atoms with Gasteiger partial charge in [-0.15, -0.1) is 0 Å². The molecule has 1 fully saturated rings. The first kappa shape index (κ1) is 9.71. The molecule has 0 radical (unpaired) electrons. The fourth-order valence-corrected chi connectivity index (χ4v) is 2.30. The molecule has 1 aromatic heterocycles. The van der Waals surface area contributed by atoms with Crippen molar-refractivity contribution in [2.24, 2.45) is 5.92 Å². The van der Waals surface area contributed by atoms with E-state index in [1.54, 1.807) is 6.20 Å². The van der Waals surface area contributed by atoms with Gasteiger partial charge in [-0.25, -0.2) is 4.98 Å². The lowest BCUT2D eigenvalue weighted by Crippen LogP contribution is -2.05. The van der Waals surface area contributed by atoms with E-state index in [0.717, 1.165) is 18.2 Å². The molecule has 0 bridgehead atoms. The number of imidazole rings is 1. The molecule has 1 aliphatic rings. The van der Waals surface area contributed by atoms with Gasteiger partial charge in [-0.2, -0.15) is 0 Å². The molecule has 0 amide bonds. The molecule has 0 aromatic carbocycles. The van der Waals surface area contributed by atoms with Gasteiger partial charge in [0.15, 0.2) is 0 Å². The predicted octanol–water partition coefficient (Wildman–Crippen LogP) is 1.96. The van der Waals surface area contributed by atoms with Gasteiger partial charge in [0.05, 0.1) is 24.8 Å². The van der Waals surface area contributed by atoms with Crippen molar-refractivity contribution in [3.8, 4) is 0 Å². The van der Waals surface area contributed by atoms with Crippen molar-refractivity contribution in [3.05, 3.63) is 18.2 Å². The summed E-state index contributed by atoms with van der Waals surface area (Å²) in [5.41, 5.74) is 0.933. The van der Waals surface area contributed by atoms with Crippen molar-refractivity contribution in [3.63, 3.8) is 0 Å². The van der Waals surface area contributed by atoms with E-state index in [-0.39, 0.29) is 6.61 Å². The summed E-state index contributed by atoms with van der Waals surface area (Å²) < 4.78 is 2.07. The van der Waals surface area contributed by atoms with Crippen LogP contribution < -0.4 is 0 Å². The van der Waals surface area contributed by atoms with Crippen LogP contribution in [0.2, 0.25) is 0 Å². The second-order valence-corrected chi connectivity index (χ2v) is 4.18. The van der Waals surface area contributed by atoms with Crippen LogP contribution in [0.3, 0.4) is 0 Å². The second-order valence-electron chi connectivity index (χ2n) is 4.18. The maximum Gasteiger partial charge on any atom is 0.0948 e. The lowest BCUT2D eigenvalue weighted by atomic mass is 10.0. The van der Waals surface area contributed by atoms with Gasteiger partial charge in [0, 0.05) is 6.54 Å². The summed E-state index contributed by atoms with van der Waals surface area (Å²) in [4.78, 5) is 4.04. The summed E-state index contributed by atoms with van der Waals surface area (Å²) in [5.74, 6) is 0.906. The zero-order chi connectivity index (χ0) is 9.80. The Bertz CT molecular complexity index is 277. The fourth-order valence-electron chi connectivity index (χ4n) is 2.30. The number of hydrogen-bond acceptors (Lipinski definition) is 2. The van der Waals surface area contributed by atoms with Crippen LogP contribution in [0.15, 0.2) is 12.5 Å². The van der Waals surface area contributed by atoms with Crippen molar-refractivity contribution in [2.45, 2.75) is 45.3 Å². The first-order valence-electron chi connectivity index (χ1n) is 5.50. The lowest BCUT2D eigenvalue weighted by molar-refractivity contribution is 0.269. The summed E-state index contributed by atoms with van der Waals surface area (Å²) in [6, 6.07) is 0. The van der Waals surface area contributed by atoms with Crippen LogP contribution in [0.25, 0.3) is 0 Å². The molecular weight excluding hydrogens is 176 g/mol. The molecule has 1 aliphatic carbocycles. The Balaban J connectivity index is 1.84. The smallest absolute Gasteiger partial charge is 0.0948 e. The van der Waals surface area contributed by atoms with E-state index >= 15 is 0 Å². The highest BCUT2D eigenvalue weighted by atomic mass is 16.3. The van der Waals surface area contributed by atoms with Gasteiger partial charge in [-0.05, 0) is 12.3 Å². The van der Waals surface area contributed by atoms with Crippen molar-refractivity contribution in [1.29, 1.82) is 0 Å². The summed E-state index contributed by atoms with van der Waals surface area (Å²) in [7, 11) is 0. The third-order valence-corrected chi connectivity index (χ3v) is 3.21. The molecule has 1 N–H and O–H groups in total. The fraction of sp³-hybridized carbons (Fsp3) is 0.727. The molecule has 1 saturated carbocycles. The number of nitrogens with zero attached hydrogens (tertiary/aromatic N) is 2. The van der Waals surface area contributed by atoms with Crippen LogP contribution in [-0.2, 0) is 13.2 Å². The van der Waals surface area contributed by atoms with E-state index in [1.807, 2.05) is 6.33 Å². The normalized spacial score (nSPS) is 17.8. The van der Waals surface area contributed by atoms with E-state index in [1.165, 1.54) is 32.1 Å². The largest absolute Gasteiger partial charge is 0.390 e. The van der Waals surface area contributed by atoms with Gasteiger partial charge in [-0.3, -0.25) is 0 Å². The van der Waals surface area contributed by atoms with Crippen molar-refractivity contribution in [2.75, 3.05) is 0 Å². The van der Waals surface area contributed by atoms with Gasteiger partial charge in [0.2, 0.25) is 0 Å². The van der Waals surface area contributed by atoms with Gasteiger partial charge >= 0.3 is 0 Å². The molecule has 1 aromatic rings. The maximum atomic E-state index is 9.04. The molecule has 0 aliphatic heterocycles. The van der Waals surface area contributed by atoms with E-state index in [2.05, 4.69) is 9.55 Å². The Morgan fingerprint density at radius 1 is 1.43 bits per heavy atom. The van der Waals surface area contributed by atoms with Gasteiger partial charge in [0.25, 0.3) is 0 Å². The van der Waals surface area contributed by atoms with Crippen LogP contribution in [0.4, 0.5) is 0 Å². The Hall–Kier alpha value is -0.830. The molecule has 0 spiro atoms. The molecule has 14 heavy (non-hydrogen) atoms. The van der Waals surface area contributed by atoms with E-state index in [0.29, 0.717) is 0 Å². The zero-order valence-electron chi connectivity index (χ0n) is 8.52. The monoisotopic (exact) mass is 194 g/mol. The third kappa shape index (κ3) is 2.15. The van der Waals surface area contributed by atoms with Crippen LogP contribution in [0.5, 0.6) is 0 Å². The van der Waals surface area contributed by atoms with Gasteiger partial charge in [-0.1, -0.05) is 25.7 Å². The zero-order valence-corrected chi connectivity index (χ0v) is 8.52. The van der Waals surface area contributed by atoms with Gasteiger partial charge in [0.1, 0.15) is 0 Å². The highest BCUT2D eigenvalue weighted by Crippen LogP contribution is 2.27. The summed E-state index contributed by atoms with van der Waals surface area (Å²) in [6.45, 7) is 1.12. The topological polar surface area (TPSA) is 38.1 Å². The Kier molecular flexibility index (Phi) is 3.19. The first-order chi connectivity index (χ1) is 6.90. The minimum atomic E-state index is 0.102. The second kappa shape index (κ2) is 4.60. The average Bonchev–Trinajstić information content (AvgIpc) is 2.85. The Labute approximate surface area is 84.8 Å². The standard InChI is InChI=1S/C11H18N2O/c14-8-11-7-12-9-13(11)6-5-10-3-1-2-4-10/h7,9-10,14H,1-6,8H2. The van der Waals surface area contributed by atoms with Crippen molar-refractivity contribution < 1.29 is 5.11 Å². The number of aliphatic hydroxyl groups is 1. The summed E-state index contributed by atoms with van der Waals surface area (Å²) >= 11 is 0. The molecule has 78 valence electrons. The number of aryl methyl sites for hydroxylation is 1. The molecule has 0 unspecified atom stereocenters. The summed E-state index contributed by atoms with van der Waals surface area (Å²) in [6.07, 6.45) is 10.4. The minimum absolute atomic E-state index is 0.102. The number of aromatic nitrogens is 2. The van der Waals surface area contributed by atoms with Crippen LogP contribution in [-0.4, -0.2) is 14.7 Å². The summed E-state index contributed by atoms with van der Waals surface area (Å²) in [5, 5.41) is 9.04. The highest BCUT2D eigenvalue weighted by Gasteiger charge is 2.14.